The molecule has 0 unspecified atom stereocenters. The van der Waals surface area contributed by atoms with Crippen LogP contribution >= 0.6 is 15.9 Å². The van der Waals surface area contributed by atoms with Crippen molar-refractivity contribution < 1.29 is 4.79 Å². The number of rotatable bonds is 7. The van der Waals surface area contributed by atoms with E-state index < -0.39 is 0 Å². The molecule has 100 valence electrons. The lowest BCUT2D eigenvalue weighted by molar-refractivity contribution is -0.120. The number of carbonyl (C=O) groups is 1. The van der Waals surface area contributed by atoms with Gasteiger partial charge in [0.15, 0.2) is 0 Å². The highest BCUT2D eigenvalue weighted by atomic mass is 79.9. The summed E-state index contributed by atoms with van der Waals surface area (Å²) in [6.07, 6.45) is 2.91. The van der Waals surface area contributed by atoms with Gasteiger partial charge in [-0.25, -0.2) is 10.8 Å². The first-order valence-corrected chi connectivity index (χ1v) is 6.46. The van der Waals surface area contributed by atoms with Gasteiger partial charge in [-0.05, 0) is 22.4 Å². The Hall–Kier alpha value is -1.41. The van der Waals surface area contributed by atoms with E-state index in [0.29, 0.717) is 31.3 Å². The fraction of sp³-hybridized carbons (Fsp3) is 0.500. The zero-order valence-electron chi connectivity index (χ0n) is 10.2. The summed E-state index contributed by atoms with van der Waals surface area (Å²) in [5, 5.41) is 5.84. The summed E-state index contributed by atoms with van der Waals surface area (Å²) in [5.74, 6) is 6.15. The number of nitrogen functional groups attached to an aromatic ring is 1. The molecular formula is C10H17BrN6O. The Bertz CT molecular complexity index is 400. The van der Waals surface area contributed by atoms with Crippen molar-refractivity contribution in [2.24, 2.45) is 5.84 Å². The number of hydrogen-bond acceptors (Lipinski definition) is 6. The molecule has 1 amide bonds. The van der Waals surface area contributed by atoms with E-state index in [2.05, 4.69) is 42.0 Å². The Morgan fingerprint density at radius 3 is 2.94 bits per heavy atom. The van der Waals surface area contributed by atoms with Gasteiger partial charge in [0.1, 0.15) is 5.82 Å². The van der Waals surface area contributed by atoms with E-state index >= 15 is 0 Å². The van der Waals surface area contributed by atoms with Crippen LogP contribution < -0.4 is 21.9 Å². The number of aromatic nitrogens is 2. The summed E-state index contributed by atoms with van der Waals surface area (Å²) in [7, 11) is 0. The maximum atomic E-state index is 11.4. The number of nitrogens with zero attached hydrogens (tertiary/aromatic N) is 2. The zero-order valence-corrected chi connectivity index (χ0v) is 11.7. The molecule has 1 aromatic rings. The first kappa shape index (κ1) is 14.7. The topological polar surface area (TPSA) is 105 Å². The number of carbonyl (C=O) groups excluding carboxylic acids is 1. The van der Waals surface area contributed by atoms with Crippen LogP contribution in [0.5, 0.6) is 0 Å². The van der Waals surface area contributed by atoms with Crippen LogP contribution in [0.2, 0.25) is 0 Å². The summed E-state index contributed by atoms with van der Waals surface area (Å²) in [4.78, 5) is 19.4. The Morgan fingerprint density at radius 1 is 1.50 bits per heavy atom. The van der Waals surface area contributed by atoms with Gasteiger partial charge in [0.2, 0.25) is 11.9 Å². The number of hydrogen-bond donors (Lipinski definition) is 4. The molecule has 0 saturated carbocycles. The fourth-order valence-electron chi connectivity index (χ4n) is 1.21. The molecule has 0 fully saturated rings. The SMILES string of the molecule is CCCNC(=O)CCNc1nc(NN)ncc1Br. The molecule has 18 heavy (non-hydrogen) atoms. The van der Waals surface area contributed by atoms with Crippen LogP contribution in [0.3, 0.4) is 0 Å². The number of amides is 1. The summed E-state index contributed by atoms with van der Waals surface area (Å²) in [5.41, 5.74) is 2.36. The van der Waals surface area contributed by atoms with Crippen LogP contribution in [-0.2, 0) is 4.79 Å². The minimum absolute atomic E-state index is 0.0201. The van der Waals surface area contributed by atoms with E-state index in [0.717, 1.165) is 10.9 Å². The van der Waals surface area contributed by atoms with Gasteiger partial charge < -0.3 is 10.6 Å². The monoisotopic (exact) mass is 316 g/mol. The highest BCUT2D eigenvalue weighted by molar-refractivity contribution is 9.10. The van der Waals surface area contributed by atoms with Gasteiger partial charge in [-0.3, -0.25) is 10.2 Å². The van der Waals surface area contributed by atoms with Crippen LogP contribution in [0.25, 0.3) is 0 Å². The maximum Gasteiger partial charge on any atom is 0.239 e. The Labute approximate surface area is 114 Å². The van der Waals surface area contributed by atoms with Gasteiger partial charge >= 0.3 is 0 Å². The number of nitrogens with two attached hydrogens (primary N) is 1. The Morgan fingerprint density at radius 2 is 2.28 bits per heavy atom. The molecule has 0 aliphatic heterocycles. The molecule has 1 rings (SSSR count). The average molecular weight is 317 g/mol. The largest absolute Gasteiger partial charge is 0.368 e. The zero-order chi connectivity index (χ0) is 13.4. The predicted molar refractivity (Wildman–Crippen MR) is 73.9 cm³/mol. The van der Waals surface area contributed by atoms with Crippen molar-refractivity contribution in [3.05, 3.63) is 10.7 Å². The van der Waals surface area contributed by atoms with Gasteiger partial charge in [-0.1, -0.05) is 6.92 Å². The van der Waals surface area contributed by atoms with Crippen molar-refractivity contribution in [2.45, 2.75) is 19.8 Å². The van der Waals surface area contributed by atoms with Crippen molar-refractivity contribution in [3.63, 3.8) is 0 Å². The van der Waals surface area contributed by atoms with Crippen LogP contribution in [0.15, 0.2) is 10.7 Å². The second-order valence-corrected chi connectivity index (χ2v) is 4.42. The molecule has 0 radical (unpaired) electrons. The standard InChI is InChI=1S/C10H17BrN6O/c1-2-4-13-8(18)3-5-14-9-7(11)6-15-10(16-9)17-12/h6H,2-5,12H2,1H3,(H,13,18)(H2,14,15,16,17). The smallest absolute Gasteiger partial charge is 0.239 e. The molecule has 5 N–H and O–H groups in total. The van der Waals surface area contributed by atoms with Gasteiger partial charge in [0, 0.05) is 25.7 Å². The third kappa shape index (κ3) is 4.84. The van der Waals surface area contributed by atoms with Crippen molar-refractivity contribution in [1.29, 1.82) is 0 Å². The lowest BCUT2D eigenvalue weighted by Gasteiger charge is -2.08. The first-order chi connectivity index (χ1) is 8.67. The summed E-state index contributed by atoms with van der Waals surface area (Å²) < 4.78 is 0.718. The summed E-state index contributed by atoms with van der Waals surface area (Å²) >= 11 is 3.31. The third-order valence-electron chi connectivity index (χ3n) is 2.09. The number of anilines is 2. The van der Waals surface area contributed by atoms with Gasteiger partial charge in [-0.15, -0.1) is 0 Å². The van der Waals surface area contributed by atoms with Crippen molar-refractivity contribution in [3.8, 4) is 0 Å². The van der Waals surface area contributed by atoms with Crippen molar-refractivity contribution in [1.82, 2.24) is 15.3 Å². The lowest BCUT2D eigenvalue weighted by Crippen LogP contribution is -2.26. The average Bonchev–Trinajstić information content (AvgIpc) is 2.38. The van der Waals surface area contributed by atoms with Gasteiger partial charge in [0.05, 0.1) is 4.47 Å². The maximum absolute atomic E-state index is 11.4. The normalized spacial score (nSPS) is 9.94. The second-order valence-electron chi connectivity index (χ2n) is 3.56. The molecule has 8 heteroatoms. The van der Waals surface area contributed by atoms with Crippen molar-refractivity contribution in [2.75, 3.05) is 23.8 Å². The van der Waals surface area contributed by atoms with Crippen molar-refractivity contribution >= 4 is 33.6 Å². The van der Waals surface area contributed by atoms with E-state index in [1.54, 1.807) is 6.20 Å². The minimum Gasteiger partial charge on any atom is -0.368 e. The third-order valence-corrected chi connectivity index (χ3v) is 2.67. The molecule has 7 nitrogen and oxygen atoms in total. The Kier molecular flexibility index (Phi) is 6.37. The van der Waals surface area contributed by atoms with E-state index in [4.69, 9.17) is 5.84 Å². The number of nitrogens with one attached hydrogen (secondary N) is 3. The van der Waals surface area contributed by atoms with Gasteiger partial charge in [-0.2, -0.15) is 4.98 Å². The lowest BCUT2D eigenvalue weighted by atomic mass is 10.3. The highest BCUT2D eigenvalue weighted by Gasteiger charge is 2.05. The highest BCUT2D eigenvalue weighted by Crippen LogP contribution is 2.19. The molecule has 0 spiro atoms. The van der Waals surface area contributed by atoms with Gasteiger partial charge in [0.25, 0.3) is 0 Å². The van der Waals surface area contributed by atoms with E-state index in [9.17, 15) is 4.79 Å². The van der Waals surface area contributed by atoms with Crippen LogP contribution in [0.4, 0.5) is 11.8 Å². The van der Waals surface area contributed by atoms with E-state index in [-0.39, 0.29) is 5.91 Å². The second kappa shape index (κ2) is 7.83. The number of halogens is 1. The van der Waals surface area contributed by atoms with Crippen LogP contribution in [0, 0.1) is 0 Å². The van der Waals surface area contributed by atoms with Crippen LogP contribution in [-0.4, -0.2) is 29.0 Å². The number of hydrazine groups is 1. The molecule has 0 saturated heterocycles. The summed E-state index contributed by atoms with van der Waals surface area (Å²) in [6, 6.07) is 0. The minimum atomic E-state index is 0.0201. The predicted octanol–water partition coefficient (Wildman–Crippen LogP) is 0.853. The molecule has 0 bridgehead atoms. The molecule has 0 aromatic carbocycles. The molecule has 0 atom stereocenters. The summed E-state index contributed by atoms with van der Waals surface area (Å²) in [6.45, 7) is 3.21. The molecule has 1 heterocycles. The van der Waals surface area contributed by atoms with E-state index in [1.807, 2.05) is 6.92 Å². The molecule has 0 aliphatic carbocycles. The molecular weight excluding hydrogens is 300 g/mol. The Balaban J connectivity index is 2.41. The fourth-order valence-corrected chi connectivity index (χ4v) is 1.54. The molecule has 0 aliphatic rings. The quantitative estimate of drug-likeness (QED) is 0.439. The van der Waals surface area contributed by atoms with E-state index in [1.165, 1.54) is 0 Å². The molecule has 1 aromatic heterocycles. The first-order valence-electron chi connectivity index (χ1n) is 5.67. The van der Waals surface area contributed by atoms with Crippen LogP contribution in [0.1, 0.15) is 19.8 Å².